The molecule has 2 aromatic carbocycles. The number of nitrogens with one attached hydrogen (secondary N) is 1. The first kappa shape index (κ1) is 21.4. The van der Waals surface area contributed by atoms with E-state index in [2.05, 4.69) is 26.1 Å². The number of anilines is 1. The predicted octanol–water partition coefficient (Wildman–Crippen LogP) is 4.98. The molecule has 1 aliphatic rings. The summed E-state index contributed by atoms with van der Waals surface area (Å²) in [6, 6.07) is 18.5. The van der Waals surface area contributed by atoms with Gasteiger partial charge in [0, 0.05) is 5.69 Å². The highest BCUT2D eigenvalue weighted by atomic mass is 16.5. The van der Waals surface area contributed by atoms with E-state index in [1.165, 1.54) is 16.7 Å². The van der Waals surface area contributed by atoms with E-state index >= 15 is 0 Å². The lowest BCUT2D eigenvalue weighted by molar-refractivity contribution is -0.137. The number of ether oxygens (including phenoxy) is 1. The number of hydrogen-bond acceptors (Lipinski definition) is 5. The number of carbonyl (C=O) groups is 2. The maximum absolute atomic E-state index is 13.3. The topological polar surface area (TPSA) is 71.8 Å². The molecule has 1 aliphatic heterocycles. The van der Waals surface area contributed by atoms with Crippen LogP contribution in [0.5, 0.6) is 5.75 Å². The van der Waals surface area contributed by atoms with Crippen molar-refractivity contribution in [2.24, 2.45) is 0 Å². The van der Waals surface area contributed by atoms with E-state index in [-0.39, 0.29) is 23.6 Å². The quantitative estimate of drug-likeness (QED) is 0.559. The number of rotatable bonds is 6. The first-order valence-electron chi connectivity index (χ1n) is 10.4. The zero-order valence-electron chi connectivity index (χ0n) is 18.6. The minimum Gasteiger partial charge on any atom is -0.497 e. The van der Waals surface area contributed by atoms with Crippen LogP contribution in [-0.2, 0) is 21.5 Å². The maximum Gasteiger partial charge on any atom is 0.278 e. The summed E-state index contributed by atoms with van der Waals surface area (Å²) in [5.74, 6) is 0.449. The zero-order chi connectivity index (χ0) is 22.9. The van der Waals surface area contributed by atoms with Crippen molar-refractivity contribution in [1.29, 1.82) is 0 Å². The number of methoxy groups -OCH3 is 1. The summed E-state index contributed by atoms with van der Waals surface area (Å²) in [5, 5.41) is 3.19. The maximum atomic E-state index is 13.3. The van der Waals surface area contributed by atoms with E-state index < -0.39 is 5.91 Å². The first-order valence-corrected chi connectivity index (χ1v) is 10.4. The number of carbonyl (C=O) groups excluding carboxylic acids is 2. The molecule has 2 heterocycles. The molecule has 0 fully saturated rings. The fourth-order valence-corrected chi connectivity index (χ4v) is 3.62. The van der Waals surface area contributed by atoms with Crippen LogP contribution in [0.2, 0.25) is 0 Å². The van der Waals surface area contributed by atoms with Gasteiger partial charge in [-0.15, -0.1) is 0 Å². The Morgan fingerprint density at radius 3 is 2.19 bits per heavy atom. The monoisotopic (exact) mass is 430 g/mol. The van der Waals surface area contributed by atoms with E-state index in [4.69, 9.17) is 9.15 Å². The predicted molar refractivity (Wildman–Crippen MR) is 123 cm³/mol. The van der Waals surface area contributed by atoms with Crippen LogP contribution in [0.4, 0.5) is 5.69 Å². The van der Waals surface area contributed by atoms with Crippen LogP contribution in [0.3, 0.4) is 0 Å². The molecule has 0 unspecified atom stereocenters. The lowest BCUT2D eigenvalue weighted by Gasteiger charge is -2.19. The largest absolute Gasteiger partial charge is 0.497 e. The smallest absolute Gasteiger partial charge is 0.278 e. The highest BCUT2D eigenvalue weighted by Gasteiger charge is 2.39. The van der Waals surface area contributed by atoms with Gasteiger partial charge < -0.3 is 14.5 Å². The van der Waals surface area contributed by atoms with Crippen LogP contribution in [-0.4, -0.2) is 23.8 Å². The molecule has 0 aliphatic carbocycles. The molecular formula is C26H26N2O4. The molecule has 6 heteroatoms. The van der Waals surface area contributed by atoms with Crippen LogP contribution >= 0.6 is 0 Å². The van der Waals surface area contributed by atoms with Crippen LogP contribution < -0.4 is 10.1 Å². The summed E-state index contributed by atoms with van der Waals surface area (Å²) in [4.78, 5) is 27.8. The van der Waals surface area contributed by atoms with Crippen LogP contribution in [0.15, 0.2) is 77.0 Å². The number of benzene rings is 2. The van der Waals surface area contributed by atoms with E-state index in [0.717, 1.165) is 5.69 Å². The molecule has 0 saturated carbocycles. The van der Waals surface area contributed by atoms with Crippen molar-refractivity contribution in [1.82, 2.24) is 4.90 Å². The van der Waals surface area contributed by atoms with Gasteiger partial charge in [0.2, 0.25) is 0 Å². The van der Waals surface area contributed by atoms with E-state index in [1.54, 1.807) is 43.5 Å². The second kappa shape index (κ2) is 8.38. The Morgan fingerprint density at radius 1 is 0.938 bits per heavy atom. The third kappa shape index (κ3) is 4.17. The number of amides is 2. The van der Waals surface area contributed by atoms with Crippen molar-refractivity contribution >= 4 is 23.1 Å². The molecule has 1 N–H and O–H groups in total. The highest BCUT2D eigenvalue weighted by Crippen LogP contribution is 2.33. The van der Waals surface area contributed by atoms with E-state index in [9.17, 15) is 9.59 Å². The Bertz CT molecular complexity index is 1150. The molecule has 32 heavy (non-hydrogen) atoms. The minimum atomic E-state index is -0.392. The minimum absolute atomic E-state index is 0.0189. The van der Waals surface area contributed by atoms with E-state index in [0.29, 0.717) is 22.6 Å². The Kier molecular flexibility index (Phi) is 5.61. The molecule has 0 radical (unpaired) electrons. The summed E-state index contributed by atoms with van der Waals surface area (Å²) in [6.07, 6.45) is 1.52. The van der Waals surface area contributed by atoms with Crippen molar-refractivity contribution in [2.45, 2.75) is 32.7 Å². The van der Waals surface area contributed by atoms with Gasteiger partial charge in [-0.2, -0.15) is 0 Å². The highest BCUT2D eigenvalue weighted by molar-refractivity contribution is 6.36. The third-order valence-corrected chi connectivity index (χ3v) is 5.46. The summed E-state index contributed by atoms with van der Waals surface area (Å²) < 4.78 is 10.6. The zero-order valence-corrected chi connectivity index (χ0v) is 18.6. The van der Waals surface area contributed by atoms with Crippen LogP contribution in [0.25, 0.3) is 5.57 Å². The Morgan fingerprint density at radius 2 is 1.62 bits per heavy atom. The van der Waals surface area contributed by atoms with Crippen molar-refractivity contribution in [3.8, 4) is 5.75 Å². The average molecular weight is 431 g/mol. The molecule has 0 saturated heterocycles. The SMILES string of the molecule is COc1ccc(C2=C(Nc3ccc(C(C)(C)C)cc3)C(=O)N(Cc3ccco3)C2=O)cc1. The number of imide groups is 1. The molecule has 0 spiro atoms. The van der Waals surface area contributed by atoms with Gasteiger partial charge in [0.25, 0.3) is 11.8 Å². The molecule has 2 amide bonds. The second-order valence-corrected chi connectivity index (χ2v) is 8.71. The number of furan rings is 1. The molecule has 0 bridgehead atoms. The second-order valence-electron chi connectivity index (χ2n) is 8.71. The number of hydrogen-bond donors (Lipinski definition) is 1. The van der Waals surface area contributed by atoms with Crippen molar-refractivity contribution in [3.05, 3.63) is 89.5 Å². The van der Waals surface area contributed by atoms with Crippen molar-refractivity contribution in [2.75, 3.05) is 12.4 Å². The summed E-state index contributed by atoms with van der Waals surface area (Å²) >= 11 is 0. The van der Waals surface area contributed by atoms with Crippen molar-refractivity contribution < 1.29 is 18.7 Å². The van der Waals surface area contributed by atoms with E-state index in [1.807, 2.05) is 24.3 Å². The molecular weight excluding hydrogens is 404 g/mol. The molecule has 3 aromatic rings. The van der Waals surface area contributed by atoms with Gasteiger partial charge in [-0.3, -0.25) is 14.5 Å². The molecule has 1 aromatic heterocycles. The van der Waals surface area contributed by atoms with Gasteiger partial charge in [-0.25, -0.2) is 0 Å². The van der Waals surface area contributed by atoms with Crippen LogP contribution in [0, 0.1) is 0 Å². The molecule has 6 nitrogen and oxygen atoms in total. The summed E-state index contributed by atoms with van der Waals surface area (Å²) in [7, 11) is 1.58. The van der Waals surface area contributed by atoms with Gasteiger partial charge in [0.15, 0.2) is 0 Å². The van der Waals surface area contributed by atoms with Gasteiger partial charge in [0.1, 0.15) is 17.2 Å². The number of nitrogens with zero attached hydrogens (tertiary/aromatic N) is 1. The third-order valence-electron chi connectivity index (χ3n) is 5.46. The fraction of sp³-hybridized carbons (Fsp3) is 0.231. The summed E-state index contributed by atoms with van der Waals surface area (Å²) in [5.41, 5.74) is 3.14. The van der Waals surface area contributed by atoms with Crippen LogP contribution in [0.1, 0.15) is 37.7 Å². The summed E-state index contributed by atoms with van der Waals surface area (Å²) in [6.45, 7) is 6.50. The Hall–Kier alpha value is -3.80. The molecule has 164 valence electrons. The van der Waals surface area contributed by atoms with Crippen molar-refractivity contribution in [3.63, 3.8) is 0 Å². The Labute approximate surface area is 187 Å². The lowest BCUT2D eigenvalue weighted by atomic mass is 9.87. The van der Waals surface area contributed by atoms with Gasteiger partial charge in [0.05, 0.1) is 25.5 Å². The van der Waals surface area contributed by atoms with Gasteiger partial charge in [-0.1, -0.05) is 45.0 Å². The first-order chi connectivity index (χ1) is 15.3. The van der Waals surface area contributed by atoms with Gasteiger partial charge in [-0.05, 0) is 52.9 Å². The molecule has 0 atom stereocenters. The lowest BCUT2D eigenvalue weighted by Crippen LogP contribution is -2.31. The average Bonchev–Trinajstić information content (AvgIpc) is 3.37. The standard InChI is InChI=1S/C26H26N2O4/c1-26(2,3)18-9-11-19(12-10-18)27-23-22(17-7-13-20(31-4)14-8-17)24(29)28(25(23)30)16-21-6-5-15-32-21/h5-15,27H,16H2,1-4H3. The molecule has 4 rings (SSSR count). The fourth-order valence-electron chi connectivity index (χ4n) is 3.62. The van der Waals surface area contributed by atoms with Gasteiger partial charge >= 0.3 is 0 Å². The Balaban J connectivity index is 1.71. The normalized spacial score (nSPS) is 14.3.